The maximum atomic E-state index is 12.9. The van der Waals surface area contributed by atoms with Crippen molar-refractivity contribution in [3.63, 3.8) is 0 Å². The van der Waals surface area contributed by atoms with Crippen LogP contribution in [0.25, 0.3) is 0 Å². The maximum absolute atomic E-state index is 12.9. The zero-order valence-electron chi connectivity index (χ0n) is 14.4. The molecule has 0 aliphatic heterocycles. The van der Waals surface area contributed by atoms with Crippen LogP contribution in [0.4, 0.5) is 24.5 Å². The lowest BCUT2D eigenvalue weighted by molar-refractivity contribution is -0.384. The Morgan fingerprint density at radius 2 is 1.68 bits per heavy atom. The van der Waals surface area contributed by atoms with Gasteiger partial charge >= 0.3 is 12.1 Å². The summed E-state index contributed by atoms with van der Waals surface area (Å²) in [4.78, 5) is 33.5. The maximum Gasteiger partial charge on any atom is 0.418 e. The molecule has 0 unspecified atom stereocenters. The number of hydrogen-bond acceptors (Lipinski definition) is 5. The molecule has 0 aliphatic carbocycles. The Morgan fingerprint density at radius 1 is 1.04 bits per heavy atom. The number of benzene rings is 2. The summed E-state index contributed by atoms with van der Waals surface area (Å²) < 4.78 is 43.6. The molecule has 1 amide bonds. The third-order valence-electron chi connectivity index (χ3n) is 3.61. The van der Waals surface area contributed by atoms with E-state index in [1.165, 1.54) is 36.4 Å². The van der Waals surface area contributed by atoms with E-state index in [9.17, 15) is 32.9 Å². The smallest absolute Gasteiger partial charge is 0.418 e. The van der Waals surface area contributed by atoms with E-state index in [1.807, 2.05) is 0 Å². The van der Waals surface area contributed by atoms with E-state index in [1.54, 1.807) is 0 Å². The molecule has 2 rings (SSSR count). The molecule has 7 nitrogen and oxygen atoms in total. The summed E-state index contributed by atoms with van der Waals surface area (Å²) in [6.45, 7) is -0.143. The van der Waals surface area contributed by atoms with Gasteiger partial charge in [0, 0.05) is 18.6 Å². The molecule has 0 spiro atoms. The van der Waals surface area contributed by atoms with Gasteiger partial charge in [-0.3, -0.25) is 19.7 Å². The standard InChI is InChI=1S/C18H15F3N2O5/c19-18(20,21)14-3-1-2-4-15(14)22-16(24)9-10-17(25)28-11-12-5-7-13(8-6-12)23(26)27/h1-8H,9-11H2,(H,22,24). The number of non-ortho nitro benzene ring substituents is 1. The molecule has 2 aromatic carbocycles. The van der Waals surface area contributed by atoms with Gasteiger partial charge in [-0.1, -0.05) is 12.1 Å². The van der Waals surface area contributed by atoms with E-state index in [-0.39, 0.29) is 30.8 Å². The zero-order chi connectivity index (χ0) is 20.7. The molecule has 0 fully saturated rings. The lowest BCUT2D eigenvalue weighted by Crippen LogP contribution is -2.17. The van der Waals surface area contributed by atoms with Crippen molar-refractivity contribution in [3.8, 4) is 0 Å². The van der Waals surface area contributed by atoms with E-state index in [4.69, 9.17) is 4.74 Å². The molecule has 0 aromatic heterocycles. The van der Waals surface area contributed by atoms with E-state index < -0.39 is 28.5 Å². The highest BCUT2D eigenvalue weighted by atomic mass is 19.4. The first-order valence-corrected chi connectivity index (χ1v) is 8.02. The van der Waals surface area contributed by atoms with E-state index >= 15 is 0 Å². The van der Waals surface area contributed by atoms with Crippen LogP contribution in [0, 0.1) is 10.1 Å². The Kier molecular flexibility index (Phi) is 6.69. The highest BCUT2D eigenvalue weighted by Gasteiger charge is 2.33. The summed E-state index contributed by atoms with van der Waals surface area (Å²) in [5, 5.41) is 12.7. The topological polar surface area (TPSA) is 98.5 Å². The van der Waals surface area contributed by atoms with E-state index in [2.05, 4.69) is 5.32 Å². The van der Waals surface area contributed by atoms with Crippen LogP contribution in [-0.2, 0) is 27.1 Å². The third kappa shape index (κ3) is 6.08. The molecule has 0 saturated heterocycles. The number of hydrogen-bond donors (Lipinski definition) is 1. The average molecular weight is 396 g/mol. The molecule has 0 atom stereocenters. The van der Waals surface area contributed by atoms with Crippen LogP contribution in [-0.4, -0.2) is 16.8 Å². The minimum absolute atomic E-state index is 0.106. The predicted octanol–water partition coefficient (Wildman–Crippen LogP) is 4.08. The van der Waals surface area contributed by atoms with Gasteiger partial charge in [0.15, 0.2) is 0 Å². The summed E-state index contributed by atoms with van der Waals surface area (Å²) >= 11 is 0. The molecule has 10 heteroatoms. The Morgan fingerprint density at radius 3 is 2.29 bits per heavy atom. The summed E-state index contributed by atoms with van der Waals surface area (Å²) in [7, 11) is 0. The number of nitro benzene ring substituents is 1. The molecule has 28 heavy (non-hydrogen) atoms. The summed E-state index contributed by atoms with van der Waals surface area (Å²) in [5.74, 6) is -1.48. The highest BCUT2D eigenvalue weighted by Crippen LogP contribution is 2.34. The molecule has 0 bridgehead atoms. The van der Waals surface area contributed by atoms with Crippen LogP contribution in [0.3, 0.4) is 0 Å². The number of esters is 1. The van der Waals surface area contributed by atoms with Crippen molar-refractivity contribution in [2.45, 2.75) is 25.6 Å². The first-order valence-electron chi connectivity index (χ1n) is 8.02. The number of alkyl halides is 3. The Balaban J connectivity index is 1.81. The van der Waals surface area contributed by atoms with Crippen LogP contribution in [0.5, 0.6) is 0 Å². The van der Waals surface area contributed by atoms with Gasteiger partial charge in [-0.25, -0.2) is 0 Å². The Hall–Kier alpha value is -3.43. The van der Waals surface area contributed by atoms with Gasteiger partial charge in [0.25, 0.3) is 5.69 Å². The number of ether oxygens (including phenoxy) is 1. The first kappa shape index (κ1) is 20.9. The molecular formula is C18H15F3N2O5. The Bertz CT molecular complexity index is 866. The van der Waals surface area contributed by atoms with Crippen LogP contribution in [0.1, 0.15) is 24.0 Å². The molecule has 0 aliphatic rings. The van der Waals surface area contributed by atoms with Crippen LogP contribution < -0.4 is 5.32 Å². The minimum Gasteiger partial charge on any atom is -0.461 e. The van der Waals surface area contributed by atoms with Crippen LogP contribution >= 0.6 is 0 Å². The third-order valence-corrected chi connectivity index (χ3v) is 3.61. The molecule has 2 aromatic rings. The molecular weight excluding hydrogens is 381 g/mol. The minimum atomic E-state index is -4.62. The molecule has 1 N–H and O–H groups in total. The second-order valence-corrected chi connectivity index (χ2v) is 5.68. The van der Waals surface area contributed by atoms with E-state index in [0.29, 0.717) is 5.56 Å². The monoisotopic (exact) mass is 396 g/mol. The van der Waals surface area contributed by atoms with Crippen LogP contribution in [0.2, 0.25) is 0 Å². The lowest BCUT2D eigenvalue weighted by atomic mass is 10.1. The number of amides is 1. The molecule has 0 saturated carbocycles. The van der Waals surface area contributed by atoms with Gasteiger partial charge in [-0.2, -0.15) is 13.2 Å². The van der Waals surface area contributed by atoms with Gasteiger partial charge in [-0.15, -0.1) is 0 Å². The normalized spacial score (nSPS) is 11.0. The molecule has 0 radical (unpaired) electrons. The van der Waals surface area contributed by atoms with Gasteiger partial charge in [0.1, 0.15) is 6.61 Å². The zero-order valence-corrected chi connectivity index (χ0v) is 14.4. The fourth-order valence-corrected chi connectivity index (χ4v) is 2.22. The van der Waals surface area contributed by atoms with E-state index in [0.717, 1.165) is 12.1 Å². The number of nitro groups is 1. The van der Waals surface area contributed by atoms with Crippen molar-refractivity contribution in [2.24, 2.45) is 0 Å². The van der Waals surface area contributed by atoms with Gasteiger partial charge in [0.05, 0.1) is 22.6 Å². The number of halogens is 3. The van der Waals surface area contributed by atoms with Gasteiger partial charge in [-0.05, 0) is 29.8 Å². The van der Waals surface area contributed by atoms with Crippen molar-refractivity contribution >= 4 is 23.3 Å². The highest BCUT2D eigenvalue weighted by molar-refractivity contribution is 5.93. The van der Waals surface area contributed by atoms with Crippen molar-refractivity contribution < 1.29 is 32.4 Å². The Labute approximate surface area is 157 Å². The number of para-hydroxylation sites is 1. The predicted molar refractivity (Wildman–Crippen MR) is 92.2 cm³/mol. The van der Waals surface area contributed by atoms with Crippen molar-refractivity contribution in [3.05, 3.63) is 69.8 Å². The second-order valence-electron chi connectivity index (χ2n) is 5.68. The van der Waals surface area contributed by atoms with Crippen molar-refractivity contribution in [1.29, 1.82) is 0 Å². The quantitative estimate of drug-likeness (QED) is 0.432. The molecule has 0 heterocycles. The number of nitrogens with zero attached hydrogens (tertiary/aromatic N) is 1. The number of nitrogens with one attached hydrogen (secondary N) is 1. The van der Waals surface area contributed by atoms with Crippen LogP contribution in [0.15, 0.2) is 48.5 Å². The summed E-state index contributed by atoms with van der Waals surface area (Å²) in [6, 6.07) is 9.88. The molecule has 148 valence electrons. The average Bonchev–Trinajstić information content (AvgIpc) is 2.64. The SMILES string of the molecule is O=C(CCC(=O)OCc1ccc([N+](=O)[O-])cc1)Nc1ccccc1C(F)(F)F. The number of anilines is 1. The fourth-order valence-electron chi connectivity index (χ4n) is 2.22. The number of carbonyl (C=O) groups is 2. The summed E-state index contributed by atoms with van der Waals surface area (Å²) in [5.41, 5.74) is -0.961. The largest absolute Gasteiger partial charge is 0.461 e. The van der Waals surface area contributed by atoms with Gasteiger partial charge in [0.2, 0.25) is 5.91 Å². The fraction of sp³-hybridized carbons (Fsp3) is 0.222. The lowest BCUT2D eigenvalue weighted by Gasteiger charge is -2.13. The van der Waals surface area contributed by atoms with Crippen molar-refractivity contribution in [1.82, 2.24) is 0 Å². The van der Waals surface area contributed by atoms with Crippen molar-refractivity contribution in [2.75, 3.05) is 5.32 Å². The second kappa shape index (κ2) is 8.98. The summed E-state index contributed by atoms with van der Waals surface area (Å²) in [6.07, 6.45) is -5.30. The first-order chi connectivity index (χ1) is 13.2. The number of carbonyl (C=O) groups excluding carboxylic acids is 2. The van der Waals surface area contributed by atoms with Gasteiger partial charge < -0.3 is 10.1 Å². The number of rotatable bonds is 7.